The second-order valence-corrected chi connectivity index (χ2v) is 9.79. The maximum Gasteiger partial charge on any atom is 0.410 e. The van der Waals surface area contributed by atoms with Gasteiger partial charge in [0, 0.05) is 12.2 Å². The molecule has 0 saturated carbocycles. The van der Waals surface area contributed by atoms with Crippen LogP contribution < -0.4 is 10.1 Å². The number of rotatable bonds is 6. The van der Waals surface area contributed by atoms with Crippen LogP contribution in [0.25, 0.3) is 5.69 Å². The van der Waals surface area contributed by atoms with Crippen LogP contribution in [0, 0.1) is 6.92 Å². The van der Waals surface area contributed by atoms with Gasteiger partial charge in [-0.2, -0.15) is 13.9 Å². The van der Waals surface area contributed by atoms with Gasteiger partial charge in [0.1, 0.15) is 17.5 Å². The number of ether oxygens (including phenoxy) is 3. The zero-order chi connectivity index (χ0) is 27.4. The van der Waals surface area contributed by atoms with Crippen molar-refractivity contribution in [2.45, 2.75) is 46.0 Å². The Balaban J connectivity index is 1.39. The smallest absolute Gasteiger partial charge is 0.410 e. The minimum Gasteiger partial charge on any atom is -0.444 e. The minimum absolute atomic E-state index is 0.0335. The van der Waals surface area contributed by atoms with Gasteiger partial charge in [-0.15, -0.1) is 0 Å². The maximum absolute atomic E-state index is 12.9. The lowest BCUT2D eigenvalue weighted by molar-refractivity contribution is -0.0498. The summed E-state index contributed by atoms with van der Waals surface area (Å²) in [7, 11) is 0. The van der Waals surface area contributed by atoms with Crippen LogP contribution in [0.4, 0.5) is 19.3 Å². The van der Waals surface area contributed by atoms with E-state index in [0.717, 1.165) is 5.56 Å². The molecule has 0 aliphatic carbocycles. The lowest BCUT2D eigenvalue weighted by Crippen LogP contribution is -2.44. The van der Waals surface area contributed by atoms with E-state index in [1.807, 2.05) is 32.9 Å². The van der Waals surface area contributed by atoms with Gasteiger partial charge in [0.05, 0.1) is 36.3 Å². The Labute approximate surface area is 219 Å². The molecule has 1 unspecified atom stereocenters. The van der Waals surface area contributed by atoms with E-state index in [1.165, 1.54) is 18.3 Å². The van der Waals surface area contributed by atoms with Crippen LogP contribution in [0.15, 0.2) is 54.7 Å². The highest BCUT2D eigenvalue weighted by molar-refractivity contribution is 6.05. The molecule has 0 bridgehead atoms. The number of aromatic nitrogens is 2. The summed E-state index contributed by atoms with van der Waals surface area (Å²) in [5.41, 5.74) is 2.43. The number of amides is 2. The number of hydrogen-bond acceptors (Lipinski definition) is 6. The molecule has 9 nitrogen and oxygen atoms in total. The van der Waals surface area contributed by atoms with E-state index in [9.17, 15) is 18.4 Å². The highest BCUT2D eigenvalue weighted by Crippen LogP contribution is 2.26. The molecule has 0 spiro atoms. The van der Waals surface area contributed by atoms with Crippen molar-refractivity contribution in [1.82, 2.24) is 14.7 Å². The molecule has 2 amide bonds. The number of hydrogen-bond donors (Lipinski definition) is 1. The fourth-order valence-electron chi connectivity index (χ4n) is 3.98. The predicted octanol–water partition coefficient (Wildman–Crippen LogP) is 5.34. The van der Waals surface area contributed by atoms with Crippen LogP contribution in [0.3, 0.4) is 0 Å². The van der Waals surface area contributed by atoms with Gasteiger partial charge >= 0.3 is 12.7 Å². The molecule has 1 N–H and O–H groups in total. The van der Waals surface area contributed by atoms with Crippen molar-refractivity contribution in [3.63, 3.8) is 0 Å². The van der Waals surface area contributed by atoms with Gasteiger partial charge in [0.2, 0.25) is 0 Å². The number of benzene rings is 2. The van der Waals surface area contributed by atoms with Crippen molar-refractivity contribution in [2.24, 2.45) is 0 Å². The highest BCUT2D eigenvalue weighted by atomic mass is 19.3. The van der Waals surface area contributed by atoms with E-state index in [2.05, 4.69) is 15.2 Å². The Kier molecular flexibility index (Phi) is 7.96. The van der Waals surface area contributed by atoms with Crippen LogP contribution in [-0.2, 0) is 9.47 Å². The minimum atomic E-state index is -2.90. The summed E-state index contributed by atoms with van der Waals surface area (Å²) in [5, 5.41) is 7.12. The lowest BCUT2D eigenvalue weighted by Gasteiger charge is -2.34. The van der Waals surface area contributed by atoms with Crippen molar-refractivity contribution < 1.29 is 32.6 Å². The molecule has 11 heteroatoms. The van der Waals surface area contributed by atoms with E-state index in [4.69, 9.17) is 9.47 Å². The second kappa shape index (κ2) is 11.2. The van der Waals surface area contributed by atoms with Crippen LogP contribution in [0.2, 0.25) is 0 Å². The van der Waals surface area contributed by atoms with Gasteiger partial charge < -0.3 is 24.4 Å². The molecular formula is C27H30F2N4O5. The molecule has 1 saturated heterocycles. The standard InChI is InChI=1S/C27H30F2N4O5/c1-17-22(15-30-33(17)20-9-11-21(12-10-20)37-25(28)29)24(34)31-19-7-5-18(6-8-19)23-16-32(13-14-36-23)26(35)38-27(2,3)4/h5-12,15,23,25H,13-14,16H2,1-4H3,(H,31,34). The largest absolute Gasteiger partial charge is 0.444 e. The number of morpholine rings is 1. The fourth-order valence-corrected chi connectivity index (χ4v) is 3.98. The van der Waals surface area contributed by atoms with Crippen molar-refractivity contribution in [1.29, 1.82) is 0 Å². The first-order chi connectivity index (χ1) is 18.0. The van der Waals surface area contributed by atoms with Gasteiger partial charge in [0.15, 0.2) is 0 Å². The Hall–Kier alpha value is -3.99. The van der Waals surface area contributed by atoms with Crippen molar-refractivity contribution >= 4 is 17.7 Å². The number of carbonyl (C=O) groups excluding carboxylic acids is 2. The first-order valence-electron chi connectivity index (χ1n) is 12.1. The lowest BCUT2D eigenvalue weighted by atomic mass is 10.1. The average Bonchev–Trinajstić information content (AvgIpc) is 3.25. The van der Waals surface area contributed by atoms with Gasteiger partial charge in [-0.25, -0.2) is 9.48 Å². The summed E-state index contributed by atoms with van der Waals surface area (Å²) >= 11 is 0. The Bertz CT molecular complexity index is 1270. The number of nitrogens with zero attached hydrogens (tertiary/aromatic N) is 3. The first-order valence-corrected chi connectivity index (χ1v) is 12.1. The van der Waals surface area contributed by atoms with Crippen molar-refractivity contribution in [3.05, 3.63) is 71.5 Å². The molecule has 1 aliphatic rings. The molecule has 3 aromatic rings. The average molecular weight is 529 g/mol. The fraction of sp³-hybridized carbons (Fsp3) is 0.370. The monoisotopic (exact) mass is 528 g/mol. The third-order valence-corrected chi connectivity index (χ3v) is 5.82. The first kappa shape index (κ1) is 27.1. The molecule has 38 heavy (non-hydrogen) atoms. The zero-order valence-electron chi connectivity index (χ0n) is 21.6. The molecule has 0 radical (unpaired) electrons. The molecule has 1 atom stereocenters. The Morgan fingerprint density at radius 3 is 2.42 bits per heavy atom. The molecular weight excluding hydrogens is 498 g/mol. The number of anilines is 1. The number of alkyl halides is 2. The summed E-state index contributed by atoms with van der Waals surface area (Å²) < 4.78 is 42.0. The van der Waals surface area contributed by atoms with E-state index >= 15 is 0 Å². The molecule has 1 aliphatic heterocycles. The SMILES string of the molecule is Cc1c(C(=O)Nc2ccc(C3CN(C(=O)OC(C)(C)C)CCO3)cc2)cnn1-c1ccc(OC(F)F)cc1. The highest BCUT2D eigenvalue weighted by Gasteiger charge is 2.29. The van der Waals surface area contributed by atoms with Crippen LogP contribution >= 0.6 is 0 Å². The van der Waals surface area contributed by atoms with Gasteiger partial charge in [-0.1, -0.05) is 12.1 Å². The summed E-state index contributed by atoms with van der Waals surface area (Å²) in [4.78, 5) is 27.0. The van der Waals surface area contributed by atoms with E-state index < -0.39 is 12.2 Å². The van der Waals surface area contributed by atoms with E-state index in [-0.39, 0.29) is 23.9 Å². The topological polar surface area (TPSA) is 94.9 Å². The van der Waals surface area contributed by atoms with Gasteiger partial charge in [0.25, 0.3) is 5.91 Å². The van der Waals surface area contributed by atoms with E-state index in [1.54, 1.807) is 40.8 Å². The van der Waals surface area contributed by atoms with Gasteiger partial charge in [-0.3, -0.25) is 4.79 Å². The summed E-state index contributed by atoms with van der Waals surface area (Å²) in [5.74, 6) is -0.310. The number of nitrogens with one attached hydrogen (secondary N) is 1. The van der Waals surface area contributed by atoms with Gasteiger partial charge in [-0.05, 0) is 69.7 Å². The predicted molar refractivity (Wildman–Crippen MR) is 136 cm³/mol. The number of carbonyl (C=O) groups is 2. The van der Waals surface area contributed by atoms with Crippen LogP contribution in [-0.4, -0.2) is 58.6 Å². The molecule has 1 fully saturated rings. The summed E-state index contributed by atoms with van der Waals surface area (Å²) in [6.45, 7) is 5.54. The zero-order valence-corrected chi connectivity index (χ0v) is 21.6. The number of halogens is 2. The molecule has 4 rings (SSSR count). The summed E-state index contributed by atoms with van der Waals surface area (Å²) in [6, 6.07) is 13.2. The Morgan fingerprint density at radius 2 is 1.79 bits per heavy atom. The van der Waals surface area contributed by atoms with Crippen LogP contribution in [0.5, 0.6) is 5.75 Å². The second-order valence-electron chi connectivity index (χ2n) is 9.79. The molecule has 202 valence electrons. The Morgan fingerprint density at radius 1 is 1.11 bits per heavy atom. The summed E-state index contributed by atoms with van der Waals surface area (Å²) in [6.07, 6.45) is 0.769. The van der Waals surface area contributed by atoms with Crippen molar-refractivity contribution in [2.75, 3.05) is 25.0 Å². The normalized spacial score (nSPS) is 15.9. The third kappa shape index (κ3) is 6.65. The molecule has 2 aromatic carbocycles. The third-order valence-electron chi connectivity index (χ3n) is 5.82. The van der Waals surface area contributed by atoms with Crippen LogP contribution in [0.1, 0.15) is 48.5 Å². The molecule has 2 heterocycles. The molecule has 1 aromatic heterocycles. The van der Waals surface area contributed by atoms with E-state index in [0.29, 0.717) is 42.3 Å². The van der Waals surface area contributed by atoms with Crippen molar-refractivity contribution in [3.8, 4) is 11.4 Å². The quantitative estimate of drug-likeness (QED) is 0.464. The maximum atomic E-state index is 12.9.